The number of hydrogen-bond acceptors (Lipinski definition) is 7. The topological polar surface area (TPSA) is 142 Å². The Kier molecular flexibility index (Phi) is 4.49. The Hall–Kier alpha value is -3.58. The van der Waals surface area contributed by atoms with Crippen molar-refractivity contribution >= 4 is 28.0 Å². The molecule has 1 unspecified atom stereocenters. The molecule has 25 heavy (non-hydrogen) atoms. The lowest BCUT2D eigenvalue weighted by molar-refractivity contribution is -0.991. The number of aromatic amines is 1. The van der Waals surface area contributed by atoms with Crippen LogP contribution in [0.15, 0.2) is 58.4 Å². The van der Waals surface area contributed by atoms with Gasteiger partial charge in [0.2, 0.25) is 5.71 Å². The second-order valence-electron chi connectivity index (χ2n) is 5.00. The van der Waals surface area contributed by atoms with E-state index in [1.165, 1.54) is 24.3 Å². The summed E-state index contributed by atoms with van der Waals surface area (Å²) in [5, 5.41) is 32.3. The van der Waals surface area contributed by atoms with Gasteiger partial charge in [-0.25, -0.2) is 10.2 Å². The van der Waals surface area contributed by atoms with Gasteiger partial charge in [-0.1, -0.05) is 12.1 Å². The molecule has 0 bridgehead atoms. The number of nitrogens with one attached hydrogen (secondary N) is 3. The van der Waals surface area contributed by atoms with E-state index >= 15 is 0 Å². The molecule has 4 N–H and O–H groups in total. The van der Waals surface area contributed by atoms with Gasteiger partial charge in [0.05, 0.1) is 16.6 Å². The lowest BCUT2D eigenvalue weighted by Gasteiger charge is -2.11. The molecule has 0 aliphatic carbocycles. The molecular weight excluding hydrogens is 324 g/mol. The predicted octanol–water partition coefficient (Wildman–Crippen LogP) is 0.666. The van der Waals surface area contributed by atoms with Crippen molar-refractivity contribution < 1.29 is 10.4 Å². The number of rotatable bonds is 4. The summed E-state index contributed by atoms with van der Waals surface area (Å²) in [6.45, 7) is 0. The number of quaternary nitrogens is 1. The molecule has 1 atom stereocenters. The van der Waals surface area contributed by atoms with E-state index in [-0.39, 0.29) is 22.8 Å². The Morgan fingerprint density at radius 1 is 1.28 bits per heavy atom. The summed E-state index contributed by atoms with van der Waals surface area (Å²) in [4.78, 5) is 18.8. The summed E-state index contributed by atoms with van der Waals surface area (Å²) in [7, 11) is 0. The highest BCUT2D eigenvalue weighted by Crippen LogP contribution is 2.11. The summed E-state index contributed by atoms with van der Waals surface area (Å²) >= 11 is 0. The Morgan fingerprint density at radius 2 is 2.00 bits per heavy atom. The average molecular weight is 336 g/mol. The molecule has 3 aromatic rings. The van der Waals surface area contributed by atoms with Crippen LogP contribution in [-0.2, 0) is 0 Å². The minimum atomic E-state index is -1.04. The number of benzene rings is 2. The van der Waals surface area contributed by atoms with E-state index in [0.717, 1.165) is 0 Å². The second-order valence-corrected chi connectivity index (χ2v) is 5.00. The van der Waals surface area contributed by atoms with E-state index in [0.29, 0.717) is 16.6 Å². The zero-order valence-electron chi connectivity index (χ0n) is 12.7. The summed E-state index contributed by atoms with van der Waals surface area (Å²) in [6, 6.07) is 14.5. The summed E-state index contributed by atoms with van der Waals surface area (Å²) in [5.74, 6) is 0.0425. The molecule has 0 amide bonds. The molecule has 1 heterocycles. The van der Waals surface area contributed by atoms with Crippen molar-refractivity contribution in [2.24, 2.45) is 5.10 Å². The molecule has 124 valence electrons. The van der Waals surface area contributed by atoms with Crippen LogP contribution in [0.25, 0.3) is 10.9 Å². The molecule has 9 nitrogen and oxygen atoms in total. The molecule has 0 radical (unpaired) electrons. The van der Waals surface area contributed by atoms with Gasteiger partial charge >= 0.3 is 0 Å². The third-order valence-corrected chi connectivity index (χ3v) is 3.37. The number of hydrogen-bond donors (Lipinski definition) is 4. The highest BCUT2D eigenvalue weighted by molar-refractivity contribution is 6.10. The van der Waals surface area contributed by atoms with Crippen molar-refractivity contribution in [1.82, 2.24) is 9.97 Å². The third-order valence-electron chi connectivity index (χ3n) is 3.37. The molecular formula is C16H12N6O3. The summed E-state index contributed by atoms with van der Waals surface area (Å²) in [6.07, 6.45) is 0. The van der Waals surface area contributed by atoms with Crippen molar-refractivity contribution in [2.45, 2.75) is 0 Å². The normalized spacial score (nSPS) is 12.6. The molecule has 0 spiro atoms. The maximum absolute atomic E-state index is 12.1. The van der Waals surface area contributed by atoms with Crippen LogP contribution in [0, 0.1) is 16.5 Å². The zero-order chi connectivity index (χ0) is 17.8. The van der Waals surface area contributed by atoms with E-state index in [1.54, 1.807) is 24.3 Å². The van der Waals surface area contributed by atoms with E-state index in [1.807, 2.05) is 6.07 Å². The Balaban J connectivity index is 1.91. The third kappa shape index (κ3) is 3.51. The maximum Gasteiger partial charge on any atom is 0.259 e. The fourth-order valence-electron chi connectivity index (χ4n) is 2.14. The fourth-order valence-corrected chi connectivity index (χ4v) is 2.14. The molecule has 1 aromatic heterocycles. The van der Waals surface area contributed by atoms with Crippen molar-refractivity contribution in [3.8, 4) is 6.07 Å². The smallest absolute Gasteiger partial charge is 0.259 e. The minimum Gasteiger partial charge on any atom is -0.595 e. The molecule has 0 fully saturated rings. The summed E-state index contributed by atoms with van der Waals surface area (Å²) < 4.78 is 0. The maximum atomic E-state index is 12.1. The van der Waals surface area contributed by atoms with E-state index < -0.39 is 5.23 Å². The standard InChI is InChI=1S/C16H12N6O3/c17-9-14(21-20-10-5-7-11(8-6-10)22(24)25)15-18-13-4-2-1-3-12(13)16(23)19-15/h1-8,20,22,24H,(H,18,19,23). The van der Waals surface area contributed by atoms with Gasteiger partial charge < -0.3 is 10.2 Å². The number of para-hydroxylation sites is 1. The van der Waals surface area contributed by atoms with Crippen LogP contribution in [-0.4, -0.2) is 20.9 Å². The van der Waals surface area contributed by atoms with Gasteiger partial charge in [-0.15, -0.1) is 0 Å². The average Bonchev–Trinajstić information content (AvgIpc) is 2.63. The van der Waals surface area contributed by atoms with E-state index in [4.69, 9.17) is 5.21 Å². The number of aromatic nitrogens is 2. The van der Waals surface area contributed by atoms with Gasteiger partial charge in [-0.05, 0) is 24.3 Å². The van der Waals surface area contributed by atoms with Gasteiger partial charge in [0, 0.05) is 12.1 Å². The van der Waals surface area contributed by atoms with Crippen LogP contribution < -0.4 is 16.2 Å². The van der Waals surface area contributed by atoms with Crippen molar-refractivity contribution in [3.63, 3.8) is 0 Å². The number of anilines is 1. The molecule has 0 saturated carbocycles. The lowest BCUT2D eigenvalue weighted by Crippen LogP contribution is -2.99. The summed E-state index contributed by atoms with van der Waals surface area (Å²) in [5.41, 5.74) is 3.24. The van der Waals surface area contributed by atoms with Gasteiger partial charge in [0.25, 0.3) is 5.56 Å². The zero-order valence-corrected chi connectivity index (χ0v) is 12.7. The highest BCUT2D eigenvalue weighted by atomic mass is 16.8. The van der Waals surface area contributed by atoms with Crippen molar-refractivity contribution in [2.75, 3.05) is 5.43 Å². The molecule has 0 saturated heterocycles. The van der Waals surface area contributed by atoms with Crippen molar-refractivity contribution in [3.05, 3.63) is 69.9 Å². The first-order valence-corrected chi connectivity index (χ1v) is 7.15. The van der Waals surface area contributed by atoms with Crippen molar-refractivity contribution in [1.29, 1.82) is 5.26 Å². The number of hydrazone groups is 1. The molecule has 0 aliphatic rings. The van der Waals surface area contributed by atoms with Crippen LogP contribution in [0.2, 0.25) is 0 Å². The number of H-pyrrole nitrogens is 1. The number of nitriles is 1. The fraction of sp³-hybridized carbons (Fsp3) is 0. The Labute approximate surface area is 141 Å². The van der Waals surface area contributed by atoms with E-state index in [9.17, 15) is 15.3 Å². The first kappa shape index (κ1) is 16.3. The number of nitrogens with zero attached hydrogens (tertiary/aromatic N) is 3. The first-order chi connectivity index (χ1) is 12.1. The predicted molar refractivity (Wildman–Crippen MR) is 90.4 cm³/mol. The largest absolute Gasteiger partial charge is 0.595 e. The van der Waals surface area contributed by atoms with Gasteiger partial charge in [-0.3, -0.25) is 10.2 Å². The van der Waals surface area contributed by atoms with Gasteiger partial charge in [-0.2, -0.15) is 15.6 Å². The van der Waals surface area contributed by atoms with E-state index in [2.05, 4.69) is 20.5 Å². The van der Waals surface area contributed by atoms with Crippen LogP contribution in [0.1, 0.15) is 5.82 Å². The second kappa shape index (κ2) is 6.90. The molecule has 3 rings (SSSR count). The SMILES string of the molecule is N#CC(=NNc1ccc([NH+]([O-])O)cc1)c1nc2ccccc2c(=O)[nH]1. The van der Waals surface area contributed by atoms with Crippen LogP contribution >= 0.6 is 0 Å². The van der Waals surface area contributed by atoms with Crippen LogP contribution in [0.5, 0.6) is 0 Å². The first-order valence-electron chi connectivity index (χ1n) is 7.15. The van der Waals surface area contributed by atoms with Gasteiger partial charge in [0.15, 0.2) is 11.5 Å². The highest BCUT2D eigenvalue weighted by Gasteiger charge is 2.09. The Morgan fingerprint density at radius 3 is 2.68 bits per heavy atom. The lowest BCUT2D eigenvalue weighted by atomic mass is 10.2. The monoisotopic (exact) mass is 336 g/mol. The number of fused-ring (bicyclic) bond motifs is 1. The molecule has 0 aliphatic heterocycles. The Bertz CT molecular complexity index is 1030. The van der Waals surface area contributed by atoms with Crippen LogP contribution in [0.3, 0.4) is 0 Å². The minimum absolute atomic E-state index is 0.0425. The molecule has 2 aromatic carbocycles. The van der Waals surface area contributed by atoms with Crippen LogP contribution in [0.4, 0.5) is 11.4 Å². The molecule has 9 heteroatoms. The quantitative estimate of drug-likeness (QED) is 0.407. The van der Waals surface area contributed by atoms with Gasteiger partial charge in [0.1, 0.15) is 6.07 Å².